The van der Waals surface area contributed by atoms with Gasteiger partial charge in [0.1, 0.15) is 0 Å². The summed E-state index contributed by atoms with van der Waals surface area (Å²) in [5.74, 6) is 0.760. The van der Waals surface area contributed by atoms with E-state index in [1.807, 2.05) is 20.8 Å². The number of carbonyl (C=O) groups is 1. The molecule has 1 atom stereocenters. The molecule has 0 aromatic heterocycles. The number of carbonyl (C=O) groups excluding carboxylic acids is 1. The smallest absolute Gasteiger partial charge is 0.152 e. The van der Waals surface area contributed by atoms with Gasteiger partial charge in [-0.05, 0) is 43.9 Å². The zero-order chi connectivity index (χ0) is 12.5. The largest absolute Gasteiger partial charge is 0.306 e. The van der Waals surface area contributed by atoms with Gasteiger partial charge in [-0.25, -0.2) is 0 Å². The molecule has 0 saturated carbocycles. The molecule has 2 rings (SSSR count). The summed E-state index contributed by atoms with van der Waals surface area (Å²) in [5, 5.41) is 3.25. The van der Waals surface area contributed by atoms with Gasteiger partial charge in [-0.3, -0.25) is 4.79 Å². The first-order valence-electron chi connectivity index (χ1n) is 6.40. The summed E-state index contributed by atoms with van der Waals surface area (Å²) in [6, 6.07) is 8.44. The summed E-state index contributed by atoms with van der Waals surface area (Å²) in [4.78, 5) is 12.2. The van der Waals surface area contributed by atoms with Crippen LogP contribution in [0.2, 0.25) is 0 Å². The van der Waals surface area contributed by atoms with Crippen LogP contribution in [0.5, 0.6) is 0 Å². The Hall–Kier alpha value is -1.15. The predicted molar refractivity (Wildman–Crippen MR) is 70.3 cm³/mol. The van der Waals surface area contributed by atoms with Crippen molar-refractivity contribution in [1.82, 2.24) is 5.32 Å². The molecular weight excluding hydrogens is 210 g/mol. The summed E-state index contributed by atoms with van der Waals surface area (Å²) in [5.41, 5.74) is 2.39. The van der Waals surface area contributed by atoms with Gasteiger partial charge in [0.15, 0.2) is 5.78 Å². The lowest BCUT2D eigenvalue weighted by Crippen LogP contribution is -2.47. The van der Waals surface area contributed by atoms with Crippen molar-refractivity contribution in [3.63, 3.8) is 0 Å². The zero-order valence-corrected chi connectivity index (χ0v) is 10.9. The maximum atomic E-state index is 12.2. The third-order valence-electron chi connectivity index (χ3n) is 3.71. The van der Waals surface area contributed by atoms with Crippen molar-refractivity contribution >= 4 is 5.78 Å². The Labute approximate surface area is 103 Å². The van der Waals surface area contributed by atoms with Crippen LogP contribution in [0.4, 0.5) is 0 Å². The molecule has 0 fully saturated rings. The standard InChI is InChI=1S/C15H21NO/c1-4-16-15(2,3)14(17)10-12-9-11-7-5-6-8-13(11)12/h5-8,12,16H,4,9-10H2,1-3H3. The Morgan fingerprint density at radius 2 is 2.12 bits per heavy atom. The molecular formula is C15H21NO. The number of rotatable bonds is 5. The van der Waals surface area contributed by atoms with Gasteiger partial charge in [0.25, 0.3) is 0 Å². The molecule has 0 heterocycles. The number of Topliss-reactive ketones (excluding diaryl/α,β-unsaturated/α-hetero) is 1. The Kier molecular flexibility index (Phi) is 3.34. The van der Waals surface area contributed by atoms with Crippen molar-refractivity contribution in [2.24, 2.45) is 0 Å². The van der Waals surface area contributed by atoms with E-state index in [4.69, 9.17) is 0 Å². The Morgan fingerprint density at radius 1 is 1.41 bits per heavy atom. The van der Waals surface area contributed by atoms with Crippen LogP contribution in [0.15, 0.2) is 24.3 Å². The van der Waals surface area contributed by atoms with E-state index in [0.717, 1.165) is 13.0 Å². The van der Waals surface area contributed by atoms with Crippen LogP contribution in [0.1, 0.15) is 44.2 Å². The number of hydrogen-bond acceptors (Lipinski definition) is 2. The van der Waals surface area contributed by atoms with Crippen molar-refractivity contribution in [2.45, 2.75) is 45.1 Å². The van der Waals surface area contributed by atoms with E-state index in [-0.39, 0.29) is 5.54 Å². The van der Waals surface area contributed by atoms with Gasteiger partial charge in [0, 0.05) is 6.42 Å². The molecule has 2 nitrogen and oxygen atoms in total. The van der Waals surface area contributed by atoms with Crippen LogP contribution in [0.3, 0.4) is 0 Å². The van der Waals surface area contributed by atoms with E-state index in [2.05, 4.69) is 29.6 Å². The Morgan fingerprint density at radius 3 is 2.76 bits per heavy atom. The first kappa shape index (κ1) is 12.3. The molecule has 2 heteroatoms. The molecule has 1 aromatic carbocycles. The number of fused-ring (bicyclic) bond motifs is 1. The van der Waals surface area contributed by atoms with E-state index in [9.17, 15) is 4.79 Å². The van der Waals surface area contributed by atoms with Crippen molar-refractivity contribution in [1.29, 1.82) is 0 Å². The fourth-order valence-electron chi connectivity index (χ4n) is 2.56. The van der Waals surface area contributed by atoms with Crippen LogP contribution < -0.4 is 5.32 Å². The van der Waals surface area contributed by atoms with E-state index < -0.39 is 0 Å². The van der Waals surface area contributed by atoms with Crippen molar-refractivity contribution < 1.29 is 4.79 Å². The molecule has 1 aliphatic rings. The maximum Gasteiger partial charge on any atom is 0.152 e. The molecule has 0 amide bonds. The third kappa shape index (κ3) is 2.42. The zero-order valence-electron chi connectivity index (χ0n) is 10.9. The molecule has 0 aliphatic heterocycles. The lowest BCUT2D eigenvalue weighted by atomic mass is 9.73. The second-order valence-corrected chi connectivity index (χ2v) is 5.38. The minimum absolute atomic E-state index is 0.318. The molecule has 0 saturated heterocycles. The van der Waals surface area contributed by atoms with Crippen LogP contribution >= 0.6 is 0 Å². The molecule has 1 N–H and O–H groups in total. The van der Waals surface area contributed by atoms with Gasteiger partial charge >= 0.3 is 0 Å². The van der Waals surface area contributed by atoms with E-state index in [1.54, 1.807) is 0 Å². The predicted octanol–water partition coefficient (Wildman–Crippen LogP) is 2.67. The minimum atomic E-state index is -0.390. The highest BCUT2D eigenvalue weighted by atomic mass is 16.1. The van der Waals surface area contributed by atoms with E-state index >= 15 is 0 Å². The van der Waals surface area contributed by atoms with Crippen LogP contribution in [0.25, 0.3) is 0 Å². The van der Waals surface area contributed by atoms with E-state index in [0.29, 0.717) is 18.1 Å². The first-order chi connectivity index (χ1) is 8.04. The van der Waals surface area contributed by atoms with Crippen LogP contribution in [-0.4, -0.2) is 17.9 Å². The van der Waals surface area contributed by atoms with Gasteiger partial charge in [-0.2, -0.15) is 0 Å². The number of benzene rings is 1. The normalized spacial score (nSPS) is 18.4. The summed E-state index contributed by atoms with van der Waals surface area (Å²) in [6.45, 7) is 6.82. The topological polar surface area (TPSA) is 29.1 Å². The monoisotopic (exact) mass is 231 g/mol. The lowest BCUT2D eigenvalue weighted by molar-refractivity contribution is -0.124. The molecule has 0 radical (unpaired) electrons. The average Bonchev–Trinajstić information content (AvgIpc) is 2.25. The lowest BCUT2D eigenvalue weighted by Gasteiger charge is -2.33. The second-order valence-electron chi connectivity index (χ2n) is 5.38. The molecule has 1 unspecified atom stereocenters. The average molecular weight is 231 g/mol. The number of likely N-dealkylation sites (N-methyl/N-ethyl adjacent to an activating group) is 1. The number of nitrogens with one attached hydrogen (secondary N) is 1. The molecule has 17 heavy (non-hydrogen) atoms. The highest BCUT2D eigenvalue weighted by Gasteiger charge is 2.33. The summed E-state index contributed by atoms with van der Waals surface area (Å²) < 4.78 is 0. The SMILES string of the molecule is CCNC(C)(C)C(=O)CC1Cc2ccccc21. The molecule has 92 valence electrons. The fourth-order valence-corrected chi connectivity index (χ4v) is 2.56. The maximum absolute atomic E-state index is 12.2. The minimum Gasteiger partial charge on any atom is -0.306 e. The van der Waals surface area contributed by atoms with Crippen molar-refractivity contribution in [3.8, 4) is 0 Å². The van der Waals surface area contributed by atoms with Gasteiger partial charge < -0.3 is 5.32 Å². The summed E-state index contributed by atoms with van der Waals surface area (Å²) in [6.07, 6.45) is 1.72. The third-order valence-corrected chi connectivity index (χ3v) is 3.71. The van der Waals surface area contributed by atoms with E-state index in [1.165, 1.54) is 11.1 Å². The fraction of sp³-hybridized carbons (Fsp3) is 0.533. The van der Waals surface area contributed by atoms with Crippen LogP contribution in [0, 0.1) is 0 Å². The number of ketones is 1. The van der Waals surface area contributed by atoms with Gasteiger partial charge in [-0.15, -0.1) is 0 Å². The molecule has 0 spiro atoms. The highest BCUT2D eigenvalue weighted by Crippen LogP contribution is 2.38. The van der Waals surface area contributed by atoms with Crippen molar-refractivity contribution in [2.75, 3.05) is 6.54 Å². The van der Waals surface area contributed by atoms with Gasteiger partial charge in [0.05, 0.1) is 5.54 Å². The van der Waals surface area contributed by atoms with Crippen molar-refractivity contribution in [3.05, 3.63) is 35.4 Å². The summed E-state index contributed by atoms with van der Waals surface area (Å²) in [7, 11) is 0. The quantitative estimate of drug-likeness (QED) is 0.844. The molecule has 1 aliphatic carbocycles. The summed E-state index contributed by atoms with van der Waals surface area (Å²) >= 11 is 0. The van der Waals surface area contributed by atoms with Gasteiger partial charge in [-0.1, -0.05) is 31.2 Å². The Balaban J connectivity index is 1.99. The first-order valence-corrected chi connectivity index (χ1v) is 6.40. The second kappa shape index (κ2) is 4.61. The van der Waals surface area contributed by atoms with Gasteiger partial charge in [0.2, 0.25) is 0 Å². The number of hydrogen-bond donors (Lipinski definition) is 1. The molecule has 0 bridgehead atoms. The van der Waals surface area contributed by atoms with Crippen LogP contribution in [-0.2, 0) is 11.2 Å². The highest BCUT2D eigenvalue weighted by molar-refractivity contribution is 5.88. The Bertz CT molecular complexity index is 423. The molecule has 1 aromatic rings.